The lowest BCUT2D eigenvalue weighted by Crippen LogP contribution is -2.38. The highest BCUT2D eigenvalue weighted by Crippen LogP contribution is 2.18. The van der Waals surface area contributed by atoms with Crippen LogP contribution in [0.5, 0.6) is 0 Å². The number of carbonyl (C=O) groups excluding carboxylic acids is 1. The van der Waals surface area contributed by atoms with Gasteiger partial charge in [-0.3, -0.25) is 0 Å². The number of aryl methyl sites for hydroxylation is 1. The van der Waals surface area contributed by atoms with Crippen LogP contribution >= 0.6 is 0 Å². The van der Waals surface area contributed by atoms with Crippen LogP contribution in [0.15, 0.2) is 23.1 Å². The van der Waals surface area contributed by atoms with E-state index in [1.165, 1.54) is 18.2 Å². The Morgan fingerprint density at radius 3 is 2.75 bits per heavy atom. The molecule has 1 fully saturated rings. The van der Waals surface area contributed by atoms with E-state index in [0.29, 0.717) is 24.5 Å². The molecule has 0 aliphatic carbocycles. The lowest BCUT2D eigenvalue weighted by atomic mass is 10.2. The van der Waals surface area contributed by atoms with Gasteiger partial charge in [-0.25, -0.2) is 18.4 Å². The minimum Gasteiger partial charge on any atom is -0.379 e. The number of amides is 2. The maximum Gasteiger partial charge on any atom is 0.319 e. The van der Waals surface area contributed by atoms with E-state index < -0.39 is 10.0 Å². The standard InChI is InChI=1S/C12H17N3O4S/c1-8-6-10(20(13,17)18)2-3-11(8)15-12(16)14-9-4-5-19-7-9/h2-3,6,9H,4-5,7H2,1H3,(H2,13,17,18)(H2,14,15,16). The second-order valence-electron chi connectivity index (χ2n) is 4.68. The molecule has 7 nitrogen and oxygen atoms in total. The second kappa shape index (κ2) is 5.78. The first-order valence-electron chi connectivity index (χ1n) is 6.15. The van der Waals surface area contributed by atoms with Crippen molar-refractivity contribution < 1.29 is 17.9 Å². The van der Waals surface area contributed by atoms with Gasteiger partial charge >= 0.3 is 6.03 Å². The molecule has 2 amide bonds. The highest BCUT2D eigenvalue weighted by molar-refractivity contribution is 7.89. The third-order valence-electron chi connectivity index (χ3n) is 3.04. The monoisotopic (exact) mass is 299 g/mol. The van der Waals surface area contributed by atoms with Crippen molar-refractivity contribution >= 4 is 21.7 Å². The van der Waals surface area contributed by atoms with Crippen LogP contribution in [0.1, 0.15) is 12.0 Å². The van der Waals surface area contributed by atoms with Crippen LogP contribution in [0.25, 0.3) is 0 Å². The van der Waals surface area contributed by atoms with Gasteiger partial charge in [0.1, 0.15) is 0 Å². The van der Waals surface area contributed by atoms with Crippen molar-refractivity contribution in [2.45, 2.75) is 24.3 Å². The predicted octanol–water partition coefficient (Wildman–Crippen LogP) is 0.553. The SMILES string of the molecule is Cc1cc(S(N)(=O)=O)ccc1NC(=O)NC1CCOC1. The van der Waals surface area contributed by atoms with Gasteiger partial charge in [0.15, 0.2) is 0 Å². The molecule has 4 N–H and O–H groups in total. The van der Waals surface area contributed by atoms with Gasteiger partial charge in [0, 0.05) is 12.3 Å². The normalized spacial score (nSPS) is 18.8. The van der Waals surface area contributed by atoms with E-state index in [0.717, 1.165) is 6.42 Å². The Kier molecular flexibility index (Phi) is 4.26. The fourth-order valence-corrected chi connectivity index (χ4v) is 2.54. The van der Waals surface area contributed by atoms with Gasteiger partial charge < -0.3 is 15.4 Å². The van der Waals surface area contributed by atoms with Gasteiger partial charge in [-0.05, 0) is 37.1 Å². The van der Waals surface area contributed by atoms with Crippen molar-refractivity contribution in [1.29, 1.82) is 0 Å². The van der Waals surface area contributed by atoms with Crippen molar-refractivity contribution in [1.82, 2.24) is 5.32 Å². The average Bonchev–Trinajstić information content (AvgIpc) is 2.83. The Morgan fingerprint density at radius 1 is 1.45 bits per heavy atom. The highest BCUT2D eigenvalue weighted by Gasteiger charge is 2.18. The van der Waals surface area contributed by atoms with E-state index in [9.17, 15) is 13.2 Å². The fourth-order valence-electron chi connectivity index (χ4n) is 1.95. The summed E-state index contributed by atoms with van der Waals surface area (Å²) in [6.07, 6.45) is 0.788. The van der Waals surface area contributed by atoms with E-state index in [1.807, 2.05) is 0 Å². The van der Waals surface area contributed by atoms with Crippen molar-refractivity contribution in [3.8, 4) is 0 Å². The second-order valence-corrected chi connectivity index (χ2v) is 6.24. The molecule has 2 rings (SSSR count). The summed E-state index contributed by atoms with van der Waals surface area (Å²) in [5, 5.41) is 10.5. The molecule has 0 aromatic heterocycles. The lowest BCUT2D eigenvalue weighted by molar-refractivity contribution is 0.189. The van der Waals surface area contributed by atoms with Gasteiger partial charge in [0.2, 0.25) is 10.0 Å². The number of ether oxygens (including phenoxy) is 1. The zero-order valence-electron chi connectivity index (χ0n) is 11.0. The molecule has 1 aromatic rings. The minimum absolute atomic E-state index is 0.0130. The van der Waals surface area contributed by atoms with Crippen molar-refractivity contribution in [2.24, 2.45) is 5.14 Å². The third kappa shape index (κ3) is 3.69. The van der Waals surface area contributed by atoms with Crippen LogP contribution in [0, 0.1) is 6.92 Å². The van der Waals surface area contributed by atoms with Gasteiger partial charge in [-0.2, -0.15) is 0 Å². The summed E-state index contributed by atoms with van der Waals surface area (Å²) in [5.41, 5.74) is 1.16. The number of hydrogen-bond acceptors (Lipinski definition) is 4. The molecule has 1 atom stereocenters. The van der Waals surface area contributed by atoms with E-state index in [2.05, 4.69) is 10.6 Å². The highest BCUT2D eigenvalue weighted by atomic mass is 32.2. The number of nitrogens with two attached hydrogens (primary N) is 1. The Balaban J connectivity index is 2.04. The quantitative estimate of drug-likeness (QED) is 0.757. The first-order valence-corrected chi connectivity index (χ1v) is 7.69. The lowest BCUT2D eigenvalue weighted by Gasteiger charge is -2.13. The maximum absolute atomic E-state index is 11.8. The van der Waals surface area contributed by atoms with Crippen LogP contribution < -0.4 is 15.8 Å². The van der Waals surface area contributed by atoms with Gasteiger partial charge in [-0.15, -0.1) is 0 Å². The zero-order valence-corrected chi connectivity index (χ0v) is 11.9. The Morgan fingerprint density at radius 2 is 2.20 bits per heavy atom. The number of nitrogens with one attached hydrogen (secondary N) is 2. The van der Waals surface area contributed by atoms with Crippen molar-refractivity contribution in [2.75, 3.05) is 18.5 Å². The molecule has 1 heterocycles. The molecule has 0 bridgehead atoms. The first kappa shape index (κ1) is 14.8. The number of sulfonamides is 1. The van der Waals surface area contributed by atoms with Crippen LogP contribution in [-0.4, -0.2) is 33.7 Å². The maximum atomic E-state index is 11.8. The molecule has 1 unspecified atom stereocenters. The molecule has 1 aliphatic heterocycles. The summed E-state index contributed by atoms with van der Waals surface area (Å²) < 4.78 is 27.6. The Hall–Kier alpha value is -1.64. The third-order valence-corrected chi connectivity index (χ3v) is 3.95. The molecular formula is C12H17N3O4S. The number of urea groups is 1. The number of hydrogen-bond donors (Lipinski definition) is 3. The van der Waals surface area contributed by atoms with Gasteiger partial charge in [0.05, 0.1) is 17.5 Å². The summed E-state index contributed by atoms with van der Waals surface area (Å²) in [5.74, 6) is 0. The molecule has 110 valence electrons. The molecule has 1 aromatic carbocycles. The van der Waals surface area contributed by atoms with Crippen molar-refractivity contribution in [3.63, 3.8) is 0 Å². The molecule has 20 heavy (non-hydrogen) atoms. The summed E-state index contributed by atoms with van der Waals surface area (Å²) in [4.78, 5) is 11.8. The molecule has 0 radical (unpaired) electrons. The van der Waals surface area contributed by atoms with Crippen molar-refractivity contribution in [3.05, 3.63) is 23.8 Å². The van der Waals surface area contributed by atoms with E-state index in [1.54, 1.807) is 6.92 Å². The zero-order chi connectivity index (χ0) is 14.8. The Bertz CT molecular complexity index is 609. The molecule has 1 aliphatic rings. The smallest absolute Gasteiger partial charge is 0.319 e. The number of carbonyl (C=O) groups is 1. The number of benzene rings is 1. The predicted molar refractivity (Wildman–Crippen MR) is 73.9 cm³/mol. The molecule has 1 saturated heterocycles. The van der Waals surface area contributed by atoms with Crippen LogP contribution in [-0.2, 0) is 14.8 Å². The van der Waals surface area contributed by atoms with Gasteiger partial charge in [-0.1, -0.05) is 0 Å². The first-order chi connectivity index (χ1) is 9.36. The molecule has 0 spiro atoms. The number of primary sulfonamides is 1. The van der Waals surface area contributed by atoms with Crippen LogP contribution in [0.3, 0.4) is 0 Å². The summed E-state index contributed by atoms with van der Waals surface area (Å²) in [7, 11) is -3.73. The van der Waals surface area contributed by atoms with Crippen LogP contribution in [0.4, 0.5) is 10.5 Å². The molecule has 0 saturated carbocycles. The summed E-state index contributed by atoms with van der Waals surface area (Å²) in [6, 6.07) is 3.96. The topological polar surface area (TPSA) is 111 Å². The fraction of sp³-hybridized carbons (Fsp3) is 0.417. The number of rotatable bonds is 3. The van der Waals surface area contributed by atoms with E-state index in [4.69, 9.17) is 9.88 Å². The van der Waals surface area contributed by atoms with Gasteiger partial charge in [0.25, 0.3) is 0 Å². The minimum atomic E-state index is -3.73. The van der Waals surface area contributed by atoms with E-state index in [-0.39, 0.29) is 17.0 Å². The van der Waals surface area contributed by atoms with Crippen LogP contribution in [0.2, 0.25) is 0 Å². The Labute approximate surface area is 117 Å². The number of anilines is 1. The molecular weight excluding hydrogens is 282 g/mol. The average molecular weight is 299 g/mol. The largest absolute Gasteiger partial charge is 0.379 e. The van der Waals surface area contributed by atoms with E-state index >= 15 is 0 Å². The summed E-state index contributed by atoms with van der Waals surface area (Å²) >= 11 is 0. The molecule has 8 heteroatoms. The summed E-state index contributed by atoms with van der Waals surface area (Å²) in [6.45, 7) is 2.85.